The molecule has 0 atom stereocenters. The van der Waals surface area contributed by atoms with Crippen LogP contribution >= 0.6 is 0 Å². The molecule has 3 aromatic rings. The van der Waals surface area contributed by atoms with Gasteiger partial charge in [-0.15, -0.1) is 34.9 Å². The molecule has 1 radical (unpaired) electrons. The summed E-state index contributed by atoms with van der Waals surface area (Å²) in [6.45, 7) is 16.5. The van der Waals surface area contributed by atoms with Crippen molar-refractivity contribution < 1.29 is 30.0 Å². The summed E-state index contributed by atoms with van der Waals surface area (Å²) in [7, 11) is 0. The van der Waals surface area contributed by atoms with E-state index in [1.807, 2.05) is 39.0 Å². The molecule has 0 unspecified atom stereocenters. The van der Waals surface area contributed by atoms with Crippen LogP contribution in [0, 0.1) is 56.9 Å². The molecule has 0 amide bonds. The zero-order chi connectivity index (χ0) is 31.9. The first kappa shape index (κ1) is 38.9. The fourth-order valence-electron chi connectivity index (χ4n) is 5.56. The molecule has 1 N–H and O–H groups in total. The molecule has 0 saturated heterocycles. The van der Waals surface area contributed by atoms with Crippen molar-refractivity contribution in [2.24, 2.45) is 11.8 Å². The fourth-order valence-corrected chi connectivity index (χ4v) is 5.56. The number of aliphatic hydroxyl groups is 1. The fraction of sp³-hybridized carbons (Fsp3) is 0.474. The molecule has 3 rings (SSSR count). The van der Waals surface area contributed by atoms with Crippen molar-refractivity contribution in [3.8, 4) is 28.6 Å². The third-order valence-electron chi connectivity index (χ3n) is 7.64. The van der Waals surface area contributed by atoms with E-state index in [4.69, 9.17) is 10.2 Å². The van der Waals surface area contributed by atoms with Crippen LogP contribution in [-0.4, -0.2) is 20.9 Å². The average molecular weight is 773 g/mol. The summed E-state index contributed by atoms with van der Waals surface area (Å²) in [5.74, 6) is 0.702. The van der Waals surface area contributed by atoms with E-state index in [9.17, 15) is 9.90 Å². The van der Waals surface area contributed by atoms with Crippen LogP contribution in [-0.2, 0) is 24.9 Å². The first-order valence-electron chi connectivity index (χ1n) is 15.9. The first-order valence-corrected chi connectivity index (χ1v) is 15.9. The number of benzene rings is 2. The van der Waals surface area contributed by atoms with Crippen molar-refractivity contribution in [1.82, 2.24) is 9.97 Å². The Labute approximate surface area is 279 Å². The van der Waals surface area contributed by atoms with Crippen molar-refractivity contribution >= 4 is 5.78 Å². The number of nitrogens with zero attached hydrogens (tertiary/aromatic N) is 3. The second-order valence-electron chi connectivity index (χ2n) is 11.6. The Morgan fingerprint density at radius 1 is 0.932 bits per heavy atom. The second kappa shape index (κ2) is 20.0. The standard InChI is InChI=1S/C21H18N3.C17H32O2.Ir/c1-13-7-14(2)9-18(8-13)21-16(4)24-20(12-23-21)19-6-5-17(11-22)10-15(19)3;1-5-9-14(10-6-2)16(18)13-17(19)15(11-7-3)12-8-4;/h5-8,10,12H,1-4H3;13-15,18H,5-12H2,1-4H3;/q-1;;/b;16-13-;. The zero-order valence-corrected chi connectivity index (χ0v) is 30.3. The SMILES string of the molecule is CCCC(CCC)C(=O)/C=C(\O)C(CCC)CCC.Cc1[c-]c(-c2ncc(-c3ccc(C#N)cc3C)nc2C)cc(C)c1.[Ir]. The molecular weight excluding hydrogens is 723 g/mol. The Bertz CT molecular complexity index is 1390. The minimum atomic E-state index is 0. The summed E-state index contributed by atoms with van der Waals surface area (Å²) < 4.78 is 0. The average Bonchev–Trinajstić information content (AvgIpc) is 2.96. The van der Waals surface area contributed by atoms with Crippen molar-refractivity contribution in [3.63, 3.8) is 0 Å². The molecule has 1 aromatic heterocycles. The molecule has 1 heterocycles. The van der Waals surface area contributed by atoms with Crippen LogP contribution in [0.4, 0.5) is 0 Å². The van der Waals surface area contributed by atoms with E-state index in [0.29, 0.717) is 11.3 Å². The molecule has 239 valence electrons. The summed E-state index contributed by atoms with van der Waals surface area (Å²) in [4.78, 5) is 21.6. The molecule has 6 heteroatoms. The van der Waals surface area contributed by atoms with Crippen LogP contribution in [0.2, 0.25) is 0 Å². The summed E-state index contributed by atoms with van der Waals surface area (Å²) in [6.07, 6.45) is 11.3. The van der Waals surface area contributed by atoms with Gasteiger partial charge in [-0.3, -0.25) is 9.78 Å². The van der Waals surface area contributed by atoms with Crippen LogP contribution < -0.4 is 0 Å². The number of rotatable bonds is 13. The normalized spacial score (nSPS) is 11.1. The van der Waals surface area contributed by atoms with E-state index in [2.05, 4.69) is 63.9 Å². The number of aryl methyl sites for hydroxylation is 4. The number of aromatic nitrogens is 2. The van der Waals surface area contributed by atoms with Gasteiger partial charge in [-0.1, -0.05) is 73.3 Å². The minimum Gasteiger partial charge on any atom is -0.512 e. The van der Waals surface area contributed by atoms with Crippen molar-refractivity contribution in [2.75, 3.05) is 0 Å². The molecular formula is C38H50IrN3O2-. The number of nitriles is 1. The van der Waals surface area contributed by atoms with E-state index in [0.717, 1.165) is 90.7 Å². The second-order valence-corrected chi connectivity index (χ2v) is 11.6. The maximum absolute atomic E-state index is 12.2. The third kappa shape index (κ3) is 11.8. The summed E-state index contributed by atoms with van der Waals surface area (Å²) in [6, 6.07) is 15.3. The predicted molar refractivity (Wildman–Crippen MR) is 178 cm³/mol. The molecule has 44 heavy (non-hydrogen) atoms. The van der Waals surface area contributed by atoms with Gasteiger partial charge in [-0.25, -0.2) is 0 Å². The van der Waals surface area contributed by atoms with E-state index in [1.165, 1.54) is 11.6 Å². The van der Waals surface area contributed by atoms with Crippen LogP contribution in [0.5, 0.6) is 0 Å². The maximum Gasteiger partial charge on any atom is 0.162 e. The smallest absolute Gasteiger partial charge is 0.162 e. The van der Waals surface area contributed by atoms with Gasteiger partial charge in [-0.05, 0) is 57.2 Å². The van der Waals surface area contributed by atoms with E-state index in [1.54, 1.807) is 6.20 Å². The van der Waals surface area contributed by atoms with Gasteiger partial charge in [0.2, 0.25) is 0 Å². The third-order valence-corrected chi connectivity index (χ3v) is 7.64. The molecule has 0 aliphatic carbocycles. The Morgan fingerprint density at radius 3 is 2.02 bits per heavy atom. The van der Waals surface area contributed by atoms with Gasteiger partial charge >= 0.3 is 0 Å². The molecule has 0 aliphatic rings. The molecule has 0 saturated carbocycles. The quantitative estimate of drug-likeness (QED) is 0.106. The topological polar surface area (TPSA) is 86.9 Å². The molecule has 5 nitrogen and oxygen atoms in total. The zero-order valence-electron chi connectivity index (χ0n) is 27.9. The van der Waals surface area contributed by atoms with Gasteiger partial charge in [0.15, 0.2) is 5.78 Å². The number of hydrogen-bond acceptors (Lipinski definition) is 5. The van der Waals surface area contributed by atoms with Gasteiger partial charge in [0.1, 0.15) is 0 Å². The Hall–Kier alpha value is -3.13. The molecule has 0 spiro atoms. The van der Waals surface area contributed by atoms with Gasteiger partial charge < -0.3 is 10.1 Å². The maximum atomic E-state index is 12.2. The number of carbonyl (C=O) groups is 1. The van der Waals surface area contributed by atoms with Crippen molar-refractivity contribution in [3.05, 3.63) is 82.4 Å². The molecule has 2 aromatic carbocycles. The van der Waals surface area contributed by atoms with Crippen LogP contribution in [0.3, 0.4) is 0 Å². The Kier molecular flexibility index (Phi) is 17.7. The number of carbonyl (C=O) groups excluding carboxylic acids is 1. The Balaban J connectivity index is 0.000000444. The van der Waals surface area contributed by atoms with E-state index < -0.39 is 0 Å². The van der Waals surface area contributed by atoms with Crippen LogP contribution in [0.25, 0.3) is 22.5 Å². The van der Waals surface area contributed by atoms with Crippen LogP contribution in [0.15, 0.2) is 48.4 Å². The minimum absolute atomic E-state index is 0. The monoisotopic (exact) mass is 773 g/mol. The van der Waals surface area contributed by atoms with Gasteiger partial charge in [0.25, 0.3) is 0 Å². The van der Waals surface area contributed by atoms with Gasteiger partial charge in [0.05, 0.1) is 23.1 Å². The Morgan fingerprint density at radius 2 is 1.52 bits per heavy atom. The summed E-state index contributed by atoms with van der Waals surface area (Å²) in [5.41, 5.74) is 8.49. The van der Waals surface area contributed by atoms with Crippen molar-refractivity contribution in [1.29, 1.82) is 5.26 Å². The van der Waals surface area contributed by atoms with Crippen molar-refractivity contribution in [2.45, 2.75) is 107 Å². The predicted octanol–water partition coefficient (Wildman–Crippen LogP) is 10.1. The number of hydrogen-bond donors (Lipinski definition) is 1. The molecule has 0 aliphatic heterocycles. The van der Waals surface area contributed by atoms with E-state index >= 15 is 0 Å². The van der Waals surface area contributed by atoms with Crippen LogP contribution in [0.1, 0.15) is 107 Å². The summed E-state index contributed by atoms with van der Waals surface area (Å²) in [5, 5.41) is 19.2. The summed E-state index contributed by atoms with van der Waals surface area (Å²) >= 11 is 0. The molecule has 0 fully saturated rings. The number of ketones is 1. The number of aliphatic hydroxyl groups excluding tert-OH is 1. The first-order chi connectivity index (χ1) is 20.6. The van der Waals surface area contributed by atoms with Gasteiger partial charge in [0, 0.05) is 61.2 Å². The largest absolute Gasteiger partial charge is 0.512 e. The van der Waals surface area contributed by atoms with Gasteiger partial charge in [-0.2, -0.15) is 5.26 Å². The molecule has 0 bridgehead atoms. The van der Waals surface area contributed by atoms with E-state index in [-0.39, 0.29) is 37.7 Å². The number of allylic oxidation sites excluding steroid dienone is 2.